The van der Waals surface area contributed by atoms with E-state index in [4.69, 9.17) is 14.6 Å². The van der Waals surface area contributed by atoms with Gasteiger partial charge in [-0.15, -0.1) is 0 Å². The van der Waals surface area contributed by atoms with Gasteiger partial charge < -0.3 is 14.6 Å². The Hall–Kier alpha value is -3.72. The van der Waals surface area contributed by atoms with Crippen molar-refractivity contribution in [1.82, 2.24) is 25.0 Å². The van der Waals surface area contributed by atoms with Crippen molar-refractivity contribution in [2.24, 2.45) is 7.05 Å². The summed E-state index contributed by atoms with van der Waals surface area (Å²) in [4.78, 5) is 15.6. The number of benzene rings is 1. The largest absolute Gasteiger partial charge is 0.491 e. The number of ether oxygens (including phenoxy) is 2. The van der Waals surface area contributed by atoms with Crippen molar-refractivity contribution < 1.29 is 19.4 Å². The molecule has 31 heavy (non-hydrogen) atoms. The van der Waals surface area contributed by atoms with E-state index in [1.807, 2.05) is 27.0 Å². The van der Waals surface area contributed by atoms with E-state index in [1.165, 1.54) is 6.07 Å². The summed E-state index contributed by atoms with van der Waals surface area (Å²) < 4.78 is 13.3. The van der Waals surface area contributed by atoms with Crippen LogP contribution < -0.4 is 4.74 Å². The number of aryl methyl sites for hydroxylation is 3. The van der Waals surface area contributed by atoms with Gasteiger partial charge in [0.1, 0.15) is 17.9 Å². The molecule has 0 saturated heterocycles. The molecule has 0 saturated carbocycles. The Balaban J connectivity index is 1.40. The molecule has 3 aromatic heterocycles. The van der Waals surface area contributed by atoms with Crippen molar-refractivity contribution >= 4 is 16.9 Å². The zero-order valence-electron chi connectivity index (χ0n) is 17.5. The van der Waals surface area contributed by atoms with Crippen LogP contribution >= 0.6 is 0 Å². The number of pyridine rings is 1. The molecule has 160 valence electrons. The van der Waals surface area contributed by atoms with Gasteiger partial charge >= 0.3 is 5.97 Å². The highest BCUT2D eigenvalue weighted by atomic mass is 16.5. The highest BCUT2D eigenvalue weighted by Gasteiger charge is 2.14. The number of H-pyrrole nitrogens is 1. The fourth-order valence-electron chi connectivity index (χ4n) is 3.31. The highest BCUT2D eigenvalue weighted by Crippen LogP contribution is 2.26. The first-order valence-electron chi connectivity index (χ1n) is 9.80. The van der Waals surface area contributed by atoms with Crippen LogP contribution in [0.4, 0.5) is 0 Å². The minimum atomic E-state index is -0.984. The van der Waals surface area contributed by atoms with E-state index >= 15 is 0 Å². The Bertz CT molecular complexity index is 1240. The normalized spacial score (nSPS) is 11.2. The molecule has 0 atom stereocenters. The van der Waals surface area contributed by atoms with Gasteiger partial charge in [0.15, 0.2) is 0 Å². The van der Waals surface area contributed by atoms with Crippen molar-refractivity contribution in [3.8, 4) is 17.0 Å². The number of aromatic carboxylic acids is 1. The lowest BCUT2D eigenvalue weighted by atomic mass is 10.1. The Kier molecular flexibility index (Phi) is 5.68. The molecule has 0 amide bonds. The maximum atomic E-state index is 11.1. The maximum absolute atomic E-state index is 11.1. The third kappa shape index (κ3) is 4.26. The van der Waals surface area contributed by atoms with E-state index in [0.29, 0.717) is 25.6 Å². The van der Waals surface area contributed by atoms with Crippen LogP contribution in [0.1, 0.15) is 27.3 Å². The smallest absolute Gasteiger partial charge is 0.335 e. The van der Waals surface area contributed by atoms with E-state index in [0.717, 1.165) is 39.1 Å². The van der Waals surface area contributed by atoms with Crippen LogP contribution in [0.5, 0.6) is 5.75 Å². The standard InChI is InChI=1S/C22H23N5O4/c1-13-4-5-15(22(28)29)8-21(13)31-7-6-30-12-20-17(10-24-27(20)3)18-9-16-14(2)25-26-19(16)11-23-18/h4-5,8-11H,6-7,12H2,1-3H3,(H,25,26)(H,28,29). The lowest BCUT2D eigenvalue weighted by molar-refractivity contribution is 0.0695. The topological polar surface area (TPSA) is 115 Å². The lowest BCUT2D eigenvalue weighted by Gasteiger charge is -2.11. The van der Waals surface area contributed by atoms with E-state index in [-0.39, 0.29) is 5.56 Å². The summed E-state index contributed by atoms with van der Waals surface area (Å²) >= 11 is 0. The molecule has 3 heterocycles. The second kappa shape index (κ2) is 8.57. The molecule has 0 aliphatic heterocycles. The number of nitrogens with zero attached hydrogens (tertiary/aromatic N) is 4. The molecular formula is C22H23N5O4. The summed E-state index contributed by atoms with van der Waals surface area (Å²) in [6, 6.07) is 6.81. The number of aromatic nitrogens is 5. The van der Waals surface area contributed by atoms with Crippen LogP contribution in [-0.4, -0.2) is 49.3 Å². The molecule has 0 radical (unpaired) electrons. The lowest BCUT2D eigenvalue weighted by Crippen LogP contribution is -2.10. The number of aromatic amines is 1. The van der Waals surface area contributed by atoms with Crippen molar-refractivity contribution in [2.75, 3.05) is 13.2 Å². The van der Waals surface area contributed by atoms with Crippen LogP contribution in [0.2, 0.25) is 0 Å². The van der Waals surface area contributed by atoms with Gasteiger partial charge in [0.05, 0.1) is 42.6 Å². The second-order valence-electron chi connectivity index (χ2n) is 7.25. The average Bonchev–Trinajstić information content (AvgIpc) is 3.31. The van der Waals surface area contributed by atoms with Gasteiger partial charge in [0.25, 0.3) is 0 Å². The average molecular weight is 421 g/mol. The number of carboxylic acid groups (broad SMARTS) is 1. The van der Waals surface area contributed by atoms with E-state index in [1.54, 1.807) is 29.2 Å². The van der Waals surface area contributed by atoms with Crippen molar-refractivity contribution in [3.63, 3.8) is 0 Å². The van der Waals surface area contributed by atoms with Crippen molar-refractivity contribution in [2.45, 2.75) is 20.5 Å². The van der Waals surface area contributed by atoms with Crippen molar-refractivity contribution in [3.05, 3.63) is 59.2 Å². The predicted molar refractivity (Wildman–Crippen MR) is 114 cm³/mol. The molecule has 9 nitrogen and oxygen atoms in total. The summed E-state index contributed by atoms with van der Waals surface area (Å²) in [6.45, 7) is 4.83. The Morgan fingerprint density at radius 3 is 2.84 bits per heavy atom. The van der Waals surface area contributed by atoms with Gasteiger partial charge in [-0.2, -0.15) is 10.2 Å². The van der Waals surface area contributed by atoms with Crippen LogP contribution in [0.3, 0.4) is 0 Å². The number of rotatable bonds is 8. The predicted octanol–water partition coefficient (Wildman–Crippen LogP) is 3.27. The zero-order chi connectivity index (χ0) is 22.0. The number of fused-ring (bicyclic) bond motifs is 1. The molecule has 0 spiro atoms. The first-order chi connectivity index (χ1) is 14.9. The molecule has 0 bridgehead atoms. The molecule has 0 aliphatic rings. The maximum Gasteiger partial charge on any atom is 0.335 e. The van der Waals surface area contributed by atoms with Gasteiger partial charge in [0, 0.05) is 23.7 Å². The van der Waals surface area contributed by atoms with Gasteiger partial charge in [-0.25, -0.2) is 4.79 Å². The van der Waals surface area contributed by atoms with Crippen LogP contribution in [0.25, 0.3) is 22.2 Å². The van der Waals surface area contributed by atoms with E-state index < -0.39 is 5.97 Å². The Morgan fingerprint density at radius 2 is 2.03 bits per heavy atom. The molecule has 0 fully saturated rings. The fourth-order valence-corrected chi connectivity index (χ4v) is 3.31. The quantitative estimate of drug-likeness (QED) is 0.420. The Morgan fingerprint density at radius 1 is 1.19 bits per heavy atom. The fraction of sp³-hybridized carbons (Fsp3) is 0.273. The summed E-state index contributed by atoms with van der Waals surface area (Å²) in [6.07, 6.45) is 3.52. The minimum Gasteiger partial charge on any atom is -0.491 e. The van der Waals surface area contributed by atoms with Gasteiger partial charge in [-0.05, 0) is 37.6 Å². The van der Waals surface area contributed by atoms with Crippen molar-refractivity contribution in [1.29, 1.82) is 0 Å². The van der Waals surface area contributed by atoms with E-state index in [2.05, 4.69) is 20.3 Å². The second-order valence-corrected chi connectivity index (χ2v) is 7.25. The number of nitrogens with one attached hydrogen (secondary N) is 1. The summed E-state index contributed by atoms with van der Waals surface area (Å²) in [5, 5.41) is 21.7. The number of hydrogen-bond acceptors (Lipinski definition) is 6. The molecule has 4 aromatic rings. The van der Waals surface area contributed by atoms with Gasteiger partial charge in [-0.1, -0.05) is 6.07 Å². The van der Waals surface area contributed by atoms with E-state index in [9.17, 15) is 4.79 Å². The minimum absolute atomic E-state index is 0.193. The number of carboxylic acids is 1. The highest BCUT2D eigenvalue weighted by molar-refractivity contribution is 5.88. The number of carbonyl (C=O) groups is 1. The number of hydrogen-bond donors (Lipinski definition) is 2. The Labute approximate surface area is 178 Å². The van der Waals surface area contributed by atoms with Crippen LogP contribution in [0.15, 0.2) is 36.7 Å². The van der Waals surface area contributed by atoms with Gasteiger partial charge in [-0.3, -0.25) is 14.8 Å². The molecule has 0 unspecified atom stereocenters. The first-order valence-corrected chi connectivity index (χ1v) is 9.80. The third-order valence-corrected chi connectivity index (χ3v) is 5.13. The third-order valence-electron chi connectivity index (χ3n) is 5.13. The summed E-state index contributed by atoms with van der Waals surface area (Å²) in [7, 11) is 1.86. The van der Waals surface area contributed by atoms with Crippen LogP contribution in [-0.2, 0) is 18.4 Å². The molecule has 2 N–H and O–H groups in total. The molecule has 4 rings (SSSR count). The first kappa shape index (κ1) is 20.5. The SMILES string of the molecule is Cc1ccc(C(=O)O)cc1OCCOCc1c(-c2cc3c(C)[nH]nc3cn2)cnn1C. The summed E-state index contributed by atoms with van der Waals surface area (Å²) in [5.74, 6) is -0.444. The monoisotopic (exact) mass is 421 g/mol. The molecule has 1 aromatic carbocycles. The molecule has 9 heteroatoms. The van der Waals surface area contributed by atoms with Crippen LogP contribution in [0, 0.1) is 13.8 Å². The molecular weight excluding hydrogens is 398 g/mol. The van der Waals surface area contributed by atoms with Gasteiger partial charge in [0.2, 0.25) is 0 Å². The summed E-state index contributed by atoms with van der Waals surface area (Å²) in [5.41, 5.74) is 5.48. The molecule has 0 aliphatic carbocycles. The zero-order valence-corrected chi connectivity index (χ0v) is 17.5.